The van der Waals surface area contributed by atoms with Gasteiger partial charge in [-0.25, -0.2) is 9.97 Å². The number of aromatic nitrogens is 3. The molecule has 0 radical (unpaired) electrons. The number of amides is 1. The number of carbonyl (C=O) groups is 1. The number of piperazine rings is 1. The molecule has 22 heavy (non-hydrogen) atoms. The fourth-order valence-electron chi connectivity index (χ4n) is 3.75. The summed E-state index contributed by atoms with van der Waals surface area (Å²) >= 11 is 0. The number of nitrogens with zero attached hydrogens (tertiary/aromatic N) is 5. The summed E-state index contributed by atoms with van der Waals surface area (Å²) in [4.78, 5) is 28.1. The van der Waals surface area contributed by atoms with Gasteiger partial charge in [0.15, 0.2) is 0 Å². The lowest BCUT2D eigenvalue weighted by molar-refractivity contribution is -0.133. The maximum atomic E-state index is 12.1. The number of nitrogens with one attached hydrogen (secondary N) is 1. The zero-order valence-corrected chi connectivity index (χ0v) is 12.1. The number of anilines is 1. The topological polar surface area (TPSA) is 88.9 Å². The lowest BCUT2D eigenvalue weighted by Gasteiger charge is -2.41. The first kappa shape index (κ1) is 13.1. The molecule has 2 aromatic heterocycles. The first-order valence-electron chi connectivity index (χ1n) is 7.49. The van der Waals surface area contributed by atoms with E-state index in [1.807, 2.05) is 23.2 Å². The normalized spacial score (nSPS) is 23.8. The van der Waals surface area contributed by atoms with Gasteiger partial charge in [0.05, 0.1) is 11.5 Å². The van der Waals surface area contributed by atoms with Crippen LogP contribution >= 0.6 is 0 Å². The third kappa shape index (κ3) is 1.91. The summed E-state index contributed by atoms with van der Waals surface area (Å²) in [6, 6.07) is 4.32. The minimum Gasteiger partial charge on any atom is -0.352 e. The Morgan fingerprint density at radius 1 is 1.36 bits per heavy atom. The van der Waals surface area contributed by atoms with Crippen LogP contribution in [0.4, 0.5) is 5.82 Å². The standard InChI is InChI=1S/C15H16N6O/c16-5-3-13(22)21-10-1-2-11(21)8-20(7-10)15-12-4-6-17-14(12)18-9-19-15/h4,6,9-11H,1-3,7-8H2,(H,17,18,19). The van der Waals surface area contributed by atoms with Crippen molar-refractivity contribution in [2.45, 2.75) is 31.3 Å². The second kappa shape index (κ2) is 4.98. The van der Waals surface area contributed by atoms with E-state index in [0.29, 0.717) is 0 Å². The van der Waals surface area contributed by atoms with E-state index in [1.54, 1.807) is 6.33 Å². The van der Waals surface area contributed by atoms with Gasteiger partial charge < -0.3 is 14.8 Å². The molecule has 112 valence electrons. The molecule has 2 atom stereocenters. The molecule has 0 aliphatic carbocycles. The van der Waals surface area contributed by atoms with Crippen molar-refractivity contribution in [1.82, 2.24) is 19.9 Å². The molecular weight excluding hydrogens is 280 g/mol. The molecule has 7 nitrogen and oxygen atoms in total. The fourth-order valence-corrected chi connectivity index (χ4v) is 3.75. The smallest absolute Gasteiger partial charge is 0.237 e. The maximum absolute atomic E-state index is 12.1. The lowest BCUT2D eigenvalue weighted by atomic mass is 10.1. The molecule has 2 aliphatic rings. The monoisotopic (exact) mass is 296 g/mol. The van der Waals surface area contributed by atoms with Crippen molar-refractivity contribution in [2.24, 2.45) is 0 Å². The number of hydrogen-bond donors (Lipinski definition) is 1. The molecule has 0 saturated carbocycles. The van der Waals surface area contributed by atoms with Crippen molar-refractivity contribution in [3.05, 3.63) is 18.6 Å². The van der Waals surface area contributed by atoms with Crippen LogP contribution in [0.1, 0.15) is 19.3 Å². The van der Waals surface area contributed by atoms with E-state index in [2.05, 4.69) is 19.9 Å². The minimum absolute atomic E-state index is 0.0252. The third-order valence-corrected chi connectivity index (χ3v) is 4.63. The van der Waals surface area contributed by atoms with Crippen molar-refractivity contribution in [1.29, 1.82) is 5.26 Å². The average Bonchev–Trinajstić information content (AvgIpc) is 3.09. The van der Waals surface area contributed by atoms with Crippen molar-refractivity contribution in [3.63, 3.8) is 0 Å². The highest BCUT2D eigenvalue weighted by Crippen LogP contribution is 2.34. The Kier molecular flexibility index (Phi) is 2.96. The zero-order chi connectivity index (χ0) is 15.1. The Morgan fingerprint density at radius 2 is 2.14 bits per heavy atom. The Hall–Kier alpha value is -2.62. The summed E-state index contributed by atoms with van der Waals surface area (Å²) in [6.45, 7) is 1.54. The molecule has 0 aromatic carbocycles. The predicted molar refractivity (Wildman–Crippen MR) is 80.0 cm³/mol. The SMILES string of the molecule is N#CCC(=O)N1C2CCC1CN(c1ncnc3[nH]ccc13)C2. The Labute approximate surface area is 127 Å². The number of fused-ring (bicyclic) bond motifs is 3. The van der Waals surface area contributed by atoms with Crippen LogP contribution in [0, 0.1) is 11.3 Å². The minimum atomic E-state index is -0.0378. The molecule has 7 heteroatoms. The number of rotatable bonds is 2. The molecule has 2 unspecified atom stereocenters. The quantitative estimate of drug-likeness (QED) is 0.894. The molecular formula is C15H16N6O. The van der Waals surface area contributed by atoms with Crippen LogP contribution in [0.3, 0.4) is 0 Å². The van der Waals surface area contributed by atoms with Crippen LogP contribution in [0.15, 0.2) is 18.6 Å². The van der Waals surface area contributed by atoms with Crippen molar-refractivity contribution in [3.8, 4) is 6.07 Å². The van der Waals surface area contributed by atoms with Crippen LogP contribution in [0.2, 0.25) is 0 Å². The van der Waals surface area contributed by atoms with E-state index < -0.39 is 0 Å². The Bertz CT molecular complexity index is 749. The van der Waals surface area contributed by atoms with Gasteiger partial charge in [-0.1, -0.05) is 0 Å². The number of hydrogen-bond acceptors (Lipinski definition) is 5. The van der Waals surface area contributed by atoms with Gasteiger partial charge in [-0.15, -0.1) is 0 Å². The highest BCUT2D eigenvalue weighted by molar-refractivity contribution is 5.87. The van der Waals surface area contributed by atoms with E-state index in [0.717, 1.165) is 42.8 Å². The summed E-state index contributed by atoms with van der Waals surface area (Å²) in [5.74, 6) is 0.889. The van der Waals surface area contributed by atoms with Crippen molar-refractivity contribution in [2.75, 3.05) is 18.0 Å². The third-order valence-electron chi connectivity index (χ3n) is 4.63. The van der Waals surface area contributed by atoms with Gasteiger partial charge in [-0.3, -0.25) is 4.79 Å². The molecule has 2 fully saturated rings. The molecule has 0 spiro atoms. The zero-order valence-electron chi connectivity index (χ0n) is 12.1. The van der Waals surface area contributed by atoms with Gasteiger partial charge in [-0.05, 0) is 18.9 Å². The van der Waals surface area contributed by atoms with Gasteiger partial charge >= 0.3 is 0 Å². The number of aromatic amines is 1. The van der Waals surface area contributed by atoms with Gasteiger partial charge in [-0.2, -0.15) is 5.26 Å². The highest BCUT2D eigenvalue weighted by atomic mass is 16.2. The van der Waals surface area contributed by atoms with Crippen LogP contribution in [0.25, 0.3) is 11.0 Å². The number of nitriles is 1. The largest absolute Gasteiger partial charge is 0.352 e. The van der Waals surface area contributed by atoms with E-state index in [-0.39, 0.29) is 24.4 Å². The van der Waals surface area contributed by atoms with Crippen molar-refractivity contribution >= 4 is 22.8 Å². The number of carbonyl (C=O) groups excluding carboxylic acids is 1. The second-order valence-corrected chi connectivity index (χ2v) is 5.86. The van der Waals surface area contributed by atoms with Gasteiger partial charge in [0.2, 0.25) is 5.91 Å². The van der Waals surface area contributed by atoms with Gasteiger partial charge in [0.1, 0.15) is 24.2 Å². The van der Waals surface area contributed by atoms with E-state index in [1.165, 1.54) is 0 Å². The molecule has 4 heterocycles. The summed E-state index contributed by atoms with van der Waals surface area (Å²) in [5, 5.41) is 9.77. The highest BCUT2D eigenvalue weighted by Gasteiger charge is 2.42. The van der Waals surface area contributed by atoms with Gasteiger partial charge in [0.25, 0.3) is 0 Å². The molecule has 2 saturated heterocycles. The fraction of sp³-hybridized carbons (Fsp3) is 0.467. The molecule has 2 bridgehead atoms. The van der Waals surface area contributed by atoms with Crippen LogP contribution in [-0.2, 0) is 4.79 Å². The Balaban J connectivity index is 1.62. The summed E-state index contributed by atoms with van der Waals surface area (Å²) in [7, 11) is 0. The maximum Gasteiger partial charge on any atom is 0.237 e. The van der Waals surface area contributed by atoms with Crippen LogP contribution in [0.5, 0.6) is 0 Å². The lowest BCUT2D eigenvalue weighted by Crippen LogP contribution is -2.56. The van der Waals surface area contributed by atoms with Crippen molar-refractivity contribution < 1.29 is 4.79 Å². The first-order chi connectivity index (χ1) is 10.8. The Morgan fingerprint density at radius 3 is 2.86 bits per heavy atom. The van der Waals surface area contributed by atoms with E-state index >= 15 is 0 Å². The molecule has 1 N–H and O–H groups in total. The molecule has 4 rings (SSSR count). The second-order valence-electron chi connectivity index (χ2n) is 5.86. The molecule has 2 aromatic rings. The first-order valence-corrected chi connectivity index (χ1v) is 7.49. The summed E-state index contributed by atoms with van der Waals surface area (Å²) in [5.41, 5.74) is 0.834. The van der Waals surface area contributed by atoms with Crippen LogP contribution < -0.4 is 4.90 Å². The summed E-state index contributed by atoms with van der Waals surface area (Å²) in [6.07, 6.45) is 5.41. The van der Waals surface area contributed by atoms with E-state index in [9.17, 15) is 4.79 Å². The van der Waals surface area contributed by atoms with Gasteiger partial charge in [0, 0.05) is 31.4 Å². The average molecular weight is 296 g/mol. The predicted octanol–water partition coefficient (Wildman–Crippen LogP) is 1.05. The van der Waals surface area contributed by atoms with E-state index in [4.69, 9.17) is 5.26 Å². The molecule has 2 aliphatic heterocycles. The summed E-state index contributed by atoms with van der Waals surface area (Å²) < 4.78 is 0. The molecule has 1 amide bonds. The number of H-pyrrole nitrogens is 1. The van der Waals surface area contributed by atoms with Crippen LogP contribution in [-0.4, -0.2) is 50.9 Å².